The molecule has 1 unspecified atom stereocenters. The second-order valence-corrected chi connectivity index (χ2v) is 4.10. The number of allylic oxidation sites excluding steroid dienone is 2. The summed E-state index contributed by atoms with van der Waals surface area (Å²) in [5.41, 5.74) is 0.710. The topological polar surface area (TPSA) is 17.1 Å². The van der Waals surface area contributed by atoms with Crippen molar-refractivity contribution in [2.45, 2.75) is 25.1 Å². The van der Waals surface area contributed by atoms with E-state index in [1.54, 1.807) is 13.8 Å². The van der Waals surface area contributed by atoms with Crippen LogP contribution >= 0.6 is 11.8 Å². The largest absolute Gasteiger partial charge is 0.286 e. The lowest BCUT2D eigenvalue weighted by Crippen LogP contribution is -1.88. The molecule has 0 N–H and O–H groups in total. The fraction of sp³-hybridized carbons (Fsp3) is 0.250. The molecule has 2 heteroatoms. The van der Waals surface area contributed by atoms with E-state index in [0.29, 0.717) is 5.57 Å². The first-order valence-corrected chi connectivity index (χ1v) is 5.17. The number of rotatable bonds is 3. The second-order valence-electron chi connectivity index (χ2n) is 3.02. The Morgan fingerprint density at radius 1 is 1.50 bits per heavy atom. The van der Waals surface area contributed by atoms with Gasteiger partial charge < -0.3 is 0 Å². The minimum atomic E-state index is -1.09. The summed E-state index contributed by atoms with van der Waals surface area (Å²) < 4.78 is 15.2. The summed E-state index contributed by atoms with van der Waals surface area (Å²) in [6.07, 6.45) is -1.09. The molecule has 1 aromatic carbocycles. The zero-order valence-corrected chi connectivity index (χ0v) is 9.10. The summed E-state index contributed by atoms with van der Waals surface area (Å²) in [6.45, 7) is 3.48. The van der Waals surface area contributed by atoms with Crippen molar-refractivity contribution >= 4 is 16.9 Å². The highest BCUT2D eigenvalue weighted by Gasteiger charge is 2.01. The van der Waals surface area contributed by atoms with Gasteiger partial charge in [0.25, 0.3) is 0 Å². The van der Waals surface area contributed by atoms with Gasteiger partial charge in [0, 0.05) is 12.7 Å². The highest BCUT2D eigenvalue weighted by molar-refractivity contribution is 8.13. The third-order valence-electron chi connectivity index (χ3n) is 1.44. The average molecular weight is 208 g/mol. The van der Waals surface area contributed by atoms with Gasteiger partial charge in [-0.3, -0.25) is 4.79 Å². The molecule has 0 spiro atoms. The van der Waals surface area contributed by atoms with E-state index in [1.165, 1.54) is 0 Å². The lowest BCUT2D eigenvalue weighted by Gasteiger charge is -1.97. The summed E-state index contributed by atoms with van der Waals surface area (Å²) in [5.74, 6) is 0. The van der Waals surface area contributed by atoms with Gasteiger partial charge in [0.1, 0.15) is 0 Å². The number of thioether (sulfide) groups is 1. The van der Waals surface area contributed by atoms with E-state index >= 15 is 0 Å². The number of benzene rings is 1. The Morgan fingerprint density at radius 2 is 2.14 bits per heavy atom. The van der Waals surface area contributed by atoms with Crippen molar-refractivity contribution in [3.8, 4) is 0 Å². The van der Waals surface area contributed by atoms with E-state index in [1.807, 2.05) is 30.3 Å². The van der Waals surface area contributed by atoms with Gasteiger partial charge in [-0.2, -0.15) is 0 Å². The third kappa shape index (κ3) is 4.28. The maximum absolute atomic E-state index is 11.7. The van der Waals surface area contributed by atoms with E-state index < -0.39 is 6.40 Å². The van der Waals surface area contributed by atoms with Crippen LogP contribution in [0.5, 0.6) is 0 Å². The molecule has 0 aliphatic heterocycles. The average Bonchev–Trinajstić information content (AvgIpc) is 2.28. The lowest BCUT2D eigenvalue weighted by molar-refractivity contribution is -0.110. The quantitative estimate of drug-likeness (QED) is 0.557. The predicted octanol–water partition coefficient (Wildman–Crippen LogP) is 3.66. The Kier molecular flexibility index (Phi) is 3.35. The molecule has 1 atom stereocenters. The fourth-order valence-electron chi connectivity index (χ4n) is 0.837. The molecule has 74 valence electrons. The Hall–Kier alpha value is -1.02. The maximum atomic E-state index is 11.7. The fourth-order valence-corrected chi connectivity index (χ4v) is 1.48. The van der Waals surface area contributed by atoms with Crippen LogP contribution in [0.3, 0.4) is 0 Å². The smallest absolute Gasteiger partial charge is 0.197 e. The van der Waals surface area contributed by atoms with Gasteiger partial charge in [-0.25, -0.2) is 0 Å². The van der Waals surface area contributed by atoms with Gasteiger partial charge in [0.15, 0.2) is 5.12 Å². The molecule has 0 aromatic heterocycles. The molecule has 0 aliphatic carbocycles. The van der Waals surface area contributed by atoms with Crippen LogP contribution in [-0.2, 0) is 4.79 Å². The van der Waals surface area contributed by atoms with Crippen molar-refractivity contribution in [2.75, 3.05) is 0 Å². The summed E-state index contributed by atoms with van der Waals surface area (Å²) in [7, 11) is 0. The first-order valence-electron chi connectivity index (χ1n) is 5.43. The van der Waals surface area contributed by atoms with Crippen molar-refractivity contribution in [1.82, 2.24) is 0 Å². The van der Waals surface area contributed by atoms with Gasteiger partial charge in [-0.05, 0) is 26.0 Å². The van der Waals surface area contributed by atoms with Crippen LogP contribution in [0.4, 0.5) is 0 Å². The molecule has 14 heavy (non-hydrogen) atoms. The van der Waals surface area contributed by atoms with Crippen LogP contribution < -0.4 is 0 Å². The van der Waals surface area contributed by atoms with Crippen LogP contribution in [0.25, 0.3) is 0 Å². The summed E-state index contributed by atoms with van der Waals surface area (Å²) in [6, 6.07) is 9.30. The molecule has 0 aliphatic rings. The van der Waals surface area contributed by atoms with Crippen molar-refractivity contribution < 1.29 is 7.54 Å². The summed E-state index contributed by atoms with van der Waals surface area (Å²) >= 11 is 1.02. The van der Waals surface area contributed by atoms with E-state index in [2.05, 4.69) is 0 Å². The summed E-state index contributed by atoms with van der Waals surface area (Å²) in [4.78, 5) is 12.5. The molecule has 0 bridgehead atoms. The molecule has 1 nitrogen and oxygen atoms in total. The Morgan fingerprint density at radius 3 is 2.71 bits per heavy atom. The van der Waals surface area contributed by atoms with Crippen LogP contribution in [-0.4, -0.2) is 5.12 Å². The molecule has 0 saturated carbocycles. The monoisotopic (exact) mass is 208 g/mol. The molecule has 0 fully saturated rings. The molecule has 0 amide bonds. The number of hydrogen-bond acceptors (Lipinski definition) is 2. The standard InChI is InChI=1S/C12H14OS/c1-10(2)8-9-12(13)14-11-6-4-3-5-7-11/h3-8H,9H2,1-2H3/i8D,9D. The minimum absolute atomic E-state index is 0.0911. The zero-order valence-electron chi connectivity index (χ0n) is 10.3. The van der Waals surface area contributed by atoms with Gasteiger partial charge in [-0.1, -0.05) is 41.6 Å². The van der Waals surface area contributed by atoms with Crippen LogP contribution in [0, 0.1) is 0 Å². The number of carbonyl (C=O) groups is 1. The van der Waals surface area contributed by atoms with E-state index in [4.69, 9.17) is 2.74 Å². The van der Waals surface area contributed by atoms with Crippen molar-refractivity contribution in [2.24, 2.45) is 0 Å². The van der Waals surface area contributed by atoms with Gasteiger partial charge >= 0.3 is 0 Å². The van der Waals surface area contributed by atoms with Gasteiger partial charge in [-0.15, -0.1) is 0 Å². The molecule has 0 radical (unpaired) electrons. The second kappa shape index (κ2) is 5.66. The minimum Gasteiger partial charge on any atom is -0.286 e. The molecule has 1 aromatic rings. The maximum Gasteiger partial charge on any atom is 0.197 e. The Bertz CT molecular complexity index is 397. The first-order chi connectivity index (χ1) is 7.52. The Balaban J connectivity index is 2.71. The molecule has 0 heterocycles. The van der Waals surface area contributed by atoms with Gasteiger partial charge in [0.05, 0.1) is 1.37 Å². The highest BCUT2D eigenvalue weighted by atomic mass is 32.2. The van der Waals surface area contributed by atoms with E-state index in [-0.39, 0.29) is 11.2 Å². The van der Waals surface area contributed by atoms with E-state index in [0.717, 1.165) is 16.7 Å². The highest BCUT2D eigenvalue weighted by Crippen LogP contribution is 2.19. The van der Waals surface area contributed by atoms with Crippen LogP contribution in [0.15, 0.2) is 46.9 Å². The molecule has 0 saturated heterocycles. The zero-order chi connectivity index (χ0) is 12.1. The third-order valence-corrected chi connectivity index (χ3v) is 2.27. The molecular formula is C12H14OS. The lowest BCUT2D eigenvalue weighted by atomic mass is 10.3. The number of hydrogen-bond donors (Lipinski definition) is 0. The normalized spacial score (nSPS) is 13.9. The Labute approximate surface area is 92.0 Å². The molecular weight excluding hydrogens is 192 g/mol. The van der Waals surface area contributed by atoms with E-state index in [9.17, 15) is 4.79 Å². The number of carbonyl (C=O) groups excluding carboxylic acids is 1. The van der Waals surface area contributed by atoms with Crippen LogP contribution in [0.2, 0.25) is 0 Å². The SMILES string of the molecule is [2H]C(=C(C)C)C([2H])C(=O)Sc1ccccc1. The van der Waals surface area contributed by atoms with Crippen LogP contribution in [0.1, 0.15) is 23.0 Å². The van der Waals surface area contributed by atoms with Crippen molar-refractivity contribution in [3.63, 3.8) is 0 Å². The molecule has 1 rings (SSSR count). The van der Waals surface area contributed by atoms with Gasteiger partial charge in [0.2, 0.25) is 0 Å². The summed E-state index contributed by atoms with van der Waals surface area (Å²) in [5, 5.41) is -0.308. The van der Waals surface area contributed by atoms with Crippen molar-refractivity contribution in [1.29, 1.82) is 0 Å². The first kappa shape index (κ1) is 8.30. The van der Waals surface area contributed by atoms with Crippen molar-refractivity contribution in [3.05, 3.63) is 42.0 Å². The predicted molar refractivity (Wildman–Crippen MR) is 61.4 cm³/mol.